The number of rotatable bonds is 9. The van der Waals surface area contributed by atoms with E-state index in [1.807, 2.05) is 38.4 Å². The van der Waals surface area contributed by atoms with Gasteiger partial charge in [0.25, 0.3) is 0 Å². The summed E-state index contributed by atoms with van der Waals surface area (Å²) in [6.07, 6.45) is 7.55. The number of nitrogens with zero attached hydrogens (tertiary/aromatic N) is 1. The second-order valence-electron chi connectivity index (χ2n) is 9.79. The molecule has 1 aliphatic rings. The summed E-state index contributed by atoms with van der Waals surface area (Å²) in [4.78, 5) is 2.11. The van der Waals surface area contributed by atoms with Crippen LogP contribution in [0.3, 0.4) is 0 Å². The molecule has 1 saturated carbocycles. The van der Waals surface area contributed by atoms with Crippen LogP contribution in [-0.2, 0) is 0 Å². The van der Waals surface area contributed by atoms with Crippen LogP contribution in [0.1, 0.15) is 55.2 Å². The number of allylic oxidation sites excluding steroid dienone is 1. The van der Waals surface area contributed by atoms with Gasteiger partial charge in [-0.3, -0.25) is 0 Å². The van der Waals surface area contributed by atoms with Gasteiger partial charge in [0.15, 0.2) is 0 Å². The number of benzene rings is 3. The number of aromatic hydroxyl groups is 1. The summed E-state index contributed by atoms with van der Waals surface area (Å²) in [5, 5.41) is 10.7. The highest BCUT2D eigenvalue weighted by molar-refractivity contribution is 6.30. The average Bonchev–Trinajstić information content (AvgIpc) is 2.86. The highest BCUT2D eigenvalue weighted by Crippen LogP contribution is 2.40. The average molecular weight is 490 g/mol. The van der Waals surface area contributed by atoms with Gasteiger partial charge in [-0.2, -0.15) is 0 Å². The second-order valence-corrected chi connectivity index (χ2v) is 10.2. The molecule has 1 aliphatic carbocycles. The Balaban J connectivity index is 1.78. The minimum absolute atomic E-state index is 0.276. The number of ether oxygens (including phenoxy) is 1. The monoisotopic (exact) mass is 489 g/mol. The Kier molecular flexibility index (Phi) is 8.90. The van der Waals surface area contributed by atoms with Crippen molar-refractivity contribution in [1.82, 2.24) is 4.90 Å². The molecular weight excluding hydrogens is 454 g/mol. The summed E-state index contributed by atoms with van der Waals surface area (Å²) in [6.45, 7) is 1.53. The van der Waals surface area contributed by atoms with Crippen molar-refractivity contribution in [3.63, 3.8) is 0 Å². The zero-order valence-corrected chi connectivity index (χ0v) is 21.6. The highest BCUT2D eigenvalue weighted by Gasteiger charge is 2.21. The van der Waals surface area contributed by atoms with Gasteiger partial charge in [0.1, 0.15) is 18.1 Å². The Morgan fingerprint density at radius 2 is 1.40 bits per heavy atom. The fraction of sp³-hybridized carbons (Fsp3) is 0.355. The molecule has 1 N–H and O–H groups in total. The van der Waals surface area contributed by atoms with Gasteiger partial charge < -0.3 is 14.7 Å². The molecule has 35 heavy (non-hydrogen) atoms. The molecule has 0 heterocycles. The molecule has 0 bridgehead atoms. The fourth-order valence-corrected chi connectivity index (χ4v) is 5.03. The lowest BCUT2D eigenvalue weighted by Gasteiger charge is -2.25. The maximum Gasteiger partial charge on any atom is 0.119 e. The molecule has 0 aromatic heterocycles. The summed E-state index contributed by atoms with van der Waals surface area (Å²) < 4.78 is 5.95. The van der Waals surface area contributed by atoms with E-state index in [1.54, 1.807) is 12.1 Å². The molecule has 184 valence electrons. The number of halogens is 1. The zero-order valence-electron chi connectivity index (χ0n) is 20.8. The van der Waals surface area contributed by atoms with Crippen LogP contribution in [0.25, 0.3) is 11.1 Å². The first-order valence-corrected chi connectivity index (χ1v) is 13.0. The van der Waals surface area contributed by atoms with Gasteiger partial charge in [0, 0.05) is 11.6 Å². The summed E-state index contributed by atoms with van der Waals surface area (Å²) in [7, 11) is 4.09. The number of hydrogen-bond donors (Lipinski definition) is 1. The third kappa shape index (κ3) is 7.13. The smallest absolute Gasteiger partial charge is 0.119 e. The van der Waals surface area contributed by atoms with Crippen LogP contribution in [0, 0.1) is 5.92 Å². The molecule has 0 saturated heterocycles. The van der Waals surface area contributed by atoms with E-state index < -0.39 is 0 Å². The Morgan fingerprint density at radius 1 is 0.829 bits per heavy atom. The van der Waals surface area contributed by atoms with Crippen molar-refractivity contribution in [3.8, 4) is 11.5 Å². The fourth-order valence-electron chi connectivity index (χ4n) is 4.90. The maximum atomic E-state index is 9.96. The van der Waals surface area contributed by atoms with Crippen LogP contribution < -0.4 is 4.74 Å². The molecule has 1 fully saturated rings. The Labute approximate surface area is 215 Å². The maximum absolute atomic E-state index is 9.96. The molecular formula is C31H36ClNO2. The van der Waals surface area contributed by atoms with Crippen LogP contribution in [-0.4, -0.2) is 37.3 Å². The van der Waals surface area contributed by atoms with Crippen molar-refractivity contribution in [3.05, 3.63) is 94.5 Å². The lowest BCUT2D eigenvalue weighted by Crippen LogP contribution is -2.19. The summed E-state index contributed by atoms with van der Waals surface area (Å²) in [5.74, 6) is 1.83. The lowest BCUT2D eigenvalue weighted by atomic mass is 9.79. The van der Waals surface area contributed by atoms with Gasteiger partial charge in [-0.25, -0.2) is 0 Å². The van der Waals surface area contributed by atoms with Gasteiger partial charge in [-0.1, -0.05) is 80.1 Å². The van der Waals surface area contributed by atoms with Gasteiger partial charge in [-0.05, 0) is 90.7 Å². The van der Waals surface area contributed by atoms with E-state index in [4.69, 9.17) is 16.3 Å². The van der Waals surface area contributed by atoms with Crippen molar-refractivity contribution in [2.24, 2.45) is 5.92 Å². The van der Waals surface area contributed by atoms with Crippen molar-refractivity contribution in [2.75, 3.05) is 27.2 Å². The number of likely N-dealkylation sites (N-methyl/N-ethyl adjacent to an activating group) is 1. The summed E-state index contributed by atoms with van der Waals surface area (Å²) in [6, 6.07) is 24.3. The molecule has 3 nitrogen and oxygen atoms in total. The number of phenolic OH excluding ortho intramolecular Hbond substituents is 1. The SMILES string of the molecule is CN(C)CCOc1ccc(/C(=C(/CC2CCCCC2)c2ccc(Cl)cc2)c2ccc(O)cc2)cc1. The van der Waals surface area contributed by atoms with E-state index in [2.05, 4.69) is 41.3 Å². The molecule has 3 aromatic carbocycles. The molecule has 3 aromatic rings. The van der Waals surface area contributed by atoms with E-state index in [1.165, 1.54) is 48.8 Å². The first-order chi connectivity index (χ1) is 17.0. The Morgan fingerprint density at radius 3 is 2.00 bits per heavy atom. The molecule has 4 heteroatoms. The van der Waals surface area contributed by atoms with Crippen molar-refractivity contribution in [1.29, 1.82) is 0 Å². The van der Waals surface area contributed by atoms with Gasteiger partial charge in [0.2, 0.25) is 0 Å². The molecule has 0 amide bonds. The molecule has 0 radical (unpaired) electrons. The molecule has 0 spiro atoms. The highest BCUT2D eigenvalue weighted by atomic mass is 35.5. The van der Waals surface area contributed by atoms with E-state index >= 15 is 0 Å². The van der Waals surface area contributed by atoms with E-state index in [0.717, 1.165) is 34.9 Å². The van der Waals surface area contributed by atoms with Crippen molar-refractivity contribution >= 4 is 22.7 Å². The predicted octanol–water partition coefficient (Wildman–Crippen LogP) is 7.92. The minimum atomic E-state index is 0.276. The molecule has 0 unspecified atom stereocenters. The third-order valence-electron chi connectivity index (χ3n) is 6.82. The van der Waals surface area contributed by atoms with E-state index in [-0.39, 0.29) is 5.75 Å². The number of phenols is 1. The zero-order chi connectivity index (χ0) is 24.6. The van der Waals surface area contributed by atoms with Crippen LogP contribution >= 0.6 is 11.6 Å². The second kappa shape index (κ2) is 12.3. The standard InChI is InChI=1S/C31H36ClNO2/c1-33(2)20-21-35-29-18-12-26(13-19-29)31(25-10-16-28(34)17-11-25)30(22-23-6-4-3-5-7-23)24-8-14-27(32)15-9-24/h8-19,23,34H,3-7,20-22H2,1-2H3/b31-30-. The quantitative estimate of drug-likeness (QED) is 0.310. The van der Waals surface area contributed by atoms with Gasteiger partial charge >= 0.3 is 0 Å². The van der Waals surface area contributed by atoms with Crippen LogP contribution in [0.4, 0.5) is 0 Å². The molecule has 4 rings (SSSR count). The first kappa shape index (κ1) is 25.3. The minimum Gasteiger partial charge on any atom is -0.508 e. The van der Waals surface area contributed by atoms with Crippen LogP contribution in [0.5, 0.6) is 11.5 Å². The number of hydrogen-bond acceptors (Lipinski definition) is 3. The van der Waals surface area contributed by atoms with Crippen molar-refractivity contribution in [2.45, 2.75) is 38.5 Å². The summed E-state index contributed by atoms with van der Waals surface area (Å²) >= 11 is 6.26. The molecule has 0 aliphatic heterocycles. The van der Waals surface area contributed by atoms with Crippen LogP contribution in [0.15, 0.2) is 72.8 Å². The predicted molar refractivity (Wildman–Crippen MR) is 147 cm³/mol. The van der Waals surface area contributed by atoms with Crippen LogP contribution in [0.2, 0.25) is 5.02 Å². The first-order valence-electron chi connectivity index (χ1n) is 12.7. The normalized spacial score (nSPS) is 15.2. The lowest BCUT2D eigenvalue weighted by molar-refractivity contribution is 0.261. The van der Waals surface area contributed by atoms with Gasteiger partial charge in [-0.15, -0.1) is 0 Å². The third-order valence-corrected chi connectivity index (χ3v) is 7.07. The largest absolute Gasteiger partial charge is 0.508 e. The Hall–Kier alpha value is -2.75. The Bertz CT molecular complexity index is 1100. The van der Waals surface area contributed by atoms with Gasteiger partial charge in [0.05, 0.1) is 0 Å². The topological polar surface area (TPSA) is 32.7 Å². The van der Waals surface area contributed by atoms with E-state index in [9.17, 15) is 5.11 Å². The van der Waals surface area contributed by atoms with Crippen molar-refractivity contribution < 1.29 is 9.84 Å². The summed E-state index contributed by atoms with van der Waals surface area (Å²) in [5.41, 5.74) is 5.99. The van der Waals surface area contributed by atoms with E-state index in [0.29, 0.717) is 12.5 Å². The molecule has 0 atom stereocenters.